The summed E-state index contributed by atoms with van der Waals surface area (Å²) in [5, 5.41) is 5.51. The van der Waals surface area contributed by atoms with Crippen molar-refractivity contribution in [3.63, 3.8) is 0 Å². The molecule has 1 amide bonds. The fourth-order valence-corrected chi connectivity index (χ4v) is 2.41. The van der Waals surface area contributed by atoms with Gasteiger partial charge in [0.05, 0.1) is 5.69 Å². The summed E-state index contributed by atoms with van der Waals surface area (Å²) in [6, 6.07) is 5.77. The number of nitrogens with one attached hydrogen (secondary N) is 1. The summed E-state index contributed by atoms with van der Waals surface area (Å²) in [6.07, 6.45) is 3.33. The van der Waals surface area contributed by atoms with Gasteiger partial charge in [0.2, 0.25) is 5.91 Å². The number of amides is 1. The normalized spacial score (nSPS) is 10.8. The summed E-state index contributed by atoms with van der Waals surface area (Å²) in [5.74, 6) is -0.128. The highest BCUT2D eigenvalue weighted by Gasteiger charge is 2.00. The molecule has 0 aliphatic carbocycles. The molecule has 5 heteroatoms. The van der Waals surface area contributed by atoms with Gasteiger partial charge < -0.3 is 5.32 Å². The summed E-state index contributed by atoms with van der Waals surface area (Å²) in [4.78, 5) is 12.6. The maximum Gasteiger partial charge on any atom is 0.249 e. The highest BCUT2D eigenvalue weighted by molar-refractivity contribution is 7.11. The van der Waals surface area contributed by atoms with Crippen LogP contribution >= 0.6 is 22.9 Å². The number of carbonyl (C=O) groups excluding carboxylic acids is 1. The second-order valence-electron chi connectivity index (χ2n) is 3.17. The molecule has 0 aliphatic rings. The number of hydrogen-bond donors (Lipinski definition) is 1. The lowest BCUT2D eigenvalue weighted by Gasteiger charge is -1.94. The zero-order chi connectivity index (χ0) is 11.4. The van der Waals surface area contributed by atoms with Crippen LogP contribution < -0.4 is 5.32 Å². The number of carbonyl (C=O) groups is 1. The van der Waals surface area contributed by atoms with Gasteiger partial charge in [0, 0.05) is 11.0 Å². The topological polar surface area (TPSA) is 42.0 Å². The monoisotopic (exact) mass is 250 g/mol. The molecule has 0 saturated carbocycles. The Morgan fingerprint density at radius 2 is 2.44 bits per heavy atom. The molecule has 3 nitrogen and oxygen atoms in total. The van der Waals surface area contributed by atoms with E-state index in [9.17, 15) is 4.79 Å². The zero-order valence-corrected chi connectivity index (χ0v) is 10.3. The molecule has 16 heavy (non-hydrogen) atoms. The lowest BCUT2D eigenvalue weighted by molar-refractivity contribution is -0.111. The molecule has 1 N–H and O–H groups in total. The Labute approximate surface area is 102 Å². The van der Waals surface area contributed by atoms with E-state index in [0.29, 0.717) is 0 Å². The van der Waals surface area contributed by atoms with E-state index < -0.39 is 0 Å². The van der Waals surface area contributed by atoms with Crippen molar-refractivity contribution in [3.8, 4) is 0 Å². The third kappa shape index (κ3) is 3.01. The number of thiophene rings is 1. The van der Waals surface area contributed by atoms with Gasteiger partial charge in [-0.05, 0) is 42.0 Å². The van der Waals surface area contributed by atoms with E-state index in [4.69, 9.17) is 0 Å². The number of aromatic nitrogens is 1. The molecular formula is C11H10N2OS2. The molecule has 0 unspecified atom stereocenters. The standard InChI is InChI=1S/C11H10N2OS2/c1-8-7-11(16-13-8)12-10(14)5-4-9-3-2-6-15-9/h2-7H,1H3,(H,12,14)/b5-4+. The second-order valence-corrected chi connectivity index (χ2v) is 4.95. The molecule has 0 aromatic carbocycles. The van der Waals surface area contributed by atoms with Crippen LogP contribution in [-0.2, 0) is 4.79 Å². The fourth-order valence-electron chi connectivity index (χ4n) is 1.13. The summed E-state index contributed by atoms with van der Waals surface area (Å²) in [6.45, 7) is 1.90. The molecule has 0 radical (unpaired) electrons. The van der Waals surface area contributed by atoms with Gasteiger partial charge in [-0.15, -0.1) is 11.3 Å². The Kier molecular flexibility index (Phi) is 3.48. The first-order valence-corrected chi connectivity index (χ1v) is 6.35. The molecule has 2 aromatic heterocycles. The first-order valence-electron chi connectivity index (χ1n) is 4.70. The average Bonchev–Trinajstić information content (AvgIpc) is 2.87. The van der Waals surface area contributed by atoms with Crippen LogP contribution in [0.1, 0.15) is 10.6 Å². The minimum absolute atomic E-state index is 0.128. The van der Waals surface area contributed by atoms with Crippen molar-refractivity contribution in [2.24, 2.45) is 0 Å². The van der Waals surface area contributed by atoms with E-state index in [0.717, 1.165) is 15.6 Å². The fraction of sp³-hybridized carbons (Fsp3) is 0.0909. The summed E-state index contributed by atoms with van der Waals surface area (Å²) < 4.78 is 4.08. The van der Waals surface area contributed by atoms with Crippen LogP contribution in [-0.4, -0.2) is 10.3 Å². The van der Waals surface area contributed by atoms with Gasteiger partial charge in [0.1, 0.15) is 5.00 Å². The number of nitrogens with zero attached hydrogens (tertiary/aromatic N) is 1. The molecule has 0 saturated heterocycles. The van der Waals surface area contributed by atoms with Crippen LogP contribution in [0.3, 0.4) is 0 Å². The largest absolute Gasteiger partial charge is 0.313 e. The Hall–Kier alpha value is -1.46. The van der Waals surface area contributed by atoms with Crippen molar-refractivity contribution < 1.29 is 4.79 Å². The summed E-state index contributed by atoms with van der Waals surface area (Å²) in [5.41, 5.74) is 0.919. The number of aryl methyl sites for hydroxylation is 1. The minimum Gasteiger partial charge on any atom is -0.313 e. The van der Waals surface area contributed by atoms with Gasteiger partial charge in [-0.1, -0.05) is 6.07 Å². The van der Waals surface area contributed by atoms with Crippen LogP contribution in [0.5, 0.6) is 0 Å². The van der Waals surface area contributed by atoms with Gasteiger partial charge in [0.15, 0.2) is 0 Å². The van der Waals surface area contributed by atoms with E-state index >= 15 is 0 Å². The molecule has 0 bridgehead atoms. The van der Waals surface area contributed by atoms with Gasteiger partial charge in [-0.2, -0.15) is 4.37 Å². The van der Waals surface area contributed by atoms with Crippen molar-refractivity contribution in [2.75, 3.05) is 5.32 Å². The van der Waals surface area contributed by atoms with Crippen molar-refractivity contribution in [1.29, 1.82) is 0 Å². The van der Waals surface area contributed by atoms with Gasteiger partial charge in [-0.25, -0.2) is 0 Å². The Balaban J connectivity index is 1.94. The van der Waals surface area contributed by atoms with Gasteiger partial charge in [-0.3, -0.25) is 4.79 Å². The van der Waals surface area contributed by atoms with E-state index in [1.165, 1.54) is 17.6 Å². The highest BCUT2D eigenvalue weighted by Crippen LogP contribution is 2.15. The second kappa shape index (κ2) is 5.05. The minimum atomic E-state index is -0.128. The van der Waals surface area contributed by atoms with E-state index in [1.807, 2.05) is 30.5 Å². The number of anilines is 1. The lowest BCUT2D eigenvalue weighted by atomic mass is 10.4. The van der Waals surface area contributed by atoms with Gasteiger partial charge in [0.25, 0.3) is 0 Å². The maximum atomic E-state index is 11.5. The predicted molar refractivity (Wildman–Crippen MR) is 68.8 cm³/mol. The Bertz CT molecular complexity index is 500. The van der Waals surface area contributed by atoms with Crippen molar-refractivity contribution in [3.05, 3.63) is 40.2 Å². The van der Waals surface area contributed by atoms with Gasteiger partial charge >= 0.3 is 0 Å². The Morgan fingerprint density at radius 3 is 3.06 bits per heavy atom. The molecule has 2 aromatic rings. The smallest absolute Gasteiger partial charge is 0.249 e. The summed E-state index contributed by atoms with van der Waals surface area (Å²) >= 11 is 2.89. The molecule has 0 spiro atoms. The molecule has 0 fully saturated rings. The van der Waals surface area contributed by atoms with E-state index in [2.05, 4.69) is 9.69 Å². The summed E-state index contributed by atoms with van der Waals surface area (Å²) in [7, 11) is 0. The van der Waals surface area contributed by atoms with E-state index in [-0.39, 0.29) is 5.91 Å². The van der Waals surface area contributed by atoms with Crippen molar-refractivity contribution >= 4 is 39.9 Å². The lowest BCUT2D eigenvalue weighted by Crippen LogP contribution is -2.05. The maximum absolute atomic E-state index is 11.5. The molecule has 82 valence electrons. The number of hydrogen-bond acceptors (Lipinski definition) is 4. The quantitative estimate of drug-likeness (QED) is 0.850. The zero-order valence-electron chi connectivity index (χ0n) is 8.64. The Morgan fingerprint density at radius 1 is 1.56 bits per heavy atom. The van der Waals surface area contributed by atoms with Crippen LogP contribution in [0.2, 0.25) is 0 Å². The molecular weight excluding hydrogens is 240 g/mol. The van der Waals surface area contributed by atoms with Crippen LogP contribution in [0.4, 0.5) is 5.00 Å². The molecule has 2 rings (SSSR count). The van der Waals surface area contributed by atoms with E-state index in [1.54, 1.807) is 17.4 Å². The molecule has 2 heterocycles. The van der Waals surface area contributed by atoms with Crippen molar-refractivity contribution in [1.82, 2.24) is 4.37 Å². The molecule has 0 atom stereocenters. The SMILES string of the molecule is Cc1cc(NC(=O)/C=C/c2cccs2)sn1. The third-order valence-electron chi connectivity index (χ3n) is 1.82. The predicted octanol–water partition coefficient (Wildman–Crippen LogP) is 3.16. The van der Waals surface area contributed by atoms with Crippen molar-refractivity contribution in [2.45, 2.75) is 6.92 Å². The first kappa shape index (κ1) is 11.0. The molecule has 0 aliphatic heterocycles. The van der Waals surface area contributed by atoms with Crippen LogP contribution in [0.15, 0.2) is 29.7 Å². The third-order valence-corrected chi connectivity index (χ3v) is 3.45. The van der Waals surface area contributed by atoms with Crippen LogP contribution in [0.25, 0.3) is 6.08 Å². The highest BCUT2D eigenvalue weighted by atomic mass is 32.1. The number of rotatable bonds is 3. The first-order chi connectivity index (χ1) is 7.74. The average molecular weight is 250 g/mol. The van der Waals surface area contributed by atoms with Crippen LogP contribution in [0, 0.1) is 6.92 Å².